The Hall–Kier alpha value is -1.42. The van der Waals surface area contributed by atoms with Crippen molar-refractivity contribution in [2.45, 2.75) is 44.2 Å². The Morgan fingerprint density at radius 2 is 1.89 bits per heavy atom. The molecule has 3 nitrogen and oxygen atoms in total. The average Bonchev–Trinajstić information content (AvgIpc) is 2.82. The fraction of sp³-hybridized carbons (Fsp3) is 0.500. The number of primary amides is 1. The summed E-state index contributed by atoms with van der Waals surface area (Å²) >= 11 is 0. The van der Waals surface area contributed by atoms with E-state index in [0.717, 1.165) is 12.8 Å². The van der Waals surface area contributed by atoms with Gasteiger partial charge >= 0.3 is 0 Å². The van der Waals surface area contributed by atoms with Crippen LogP contribution in [0.5, 0.6) is 0 Å². The van der Waals surface area contributed by atoms with Crippen molar-refractivity contribution in [3.8, 4) is 0 Å². The van der Waals surface area contributed by atoms with Crippen molar-refractivity contribution in [3.05, 3.63) is 35.6 Å². The summed E-state index contributed by atoms with van der Waals surface area (Å²) in [4.78, 5) is 11.8. The summed E-state index contributed by atoms with van der Waals surface area (Å²) in [6.07, 6.45) is 4.47. The molecule has 1 amide bonds. The minimum atomic E-state index is -0.928. The monoisotopic (exact) mass is 250 g/mol. The number of carbonyl (C=O) groups is 1. The van der Waals surface area contributed by atoms with Crippen LogP contribution in [0.1, 0.15) is 38.2 Å². The lowest BCUT2D eigenvalue weighted by Crippen LogP contribution is -2.53. The first-order valence-corrected chi connectivity index (χ1v) is 6.36. The highest BCUT2D eigenvalue weighted by molar-refractivity contribution is 5.85. The number of hydrogen-bond acceptors (Lipinski definition) is 2. The highest BCUT2D eigenvalue weighted by Crippen LogP contribution is 2.26. The van der Waals surface area contributed by atoms with Crippen molar-refractivity contribution in [3.63, 3.8) is 0 Å². The van der Waals surface area contributed by atoms with E-state index in [1.165, 1.54) is 25.0 Å². The first-order valence-electron chi connectivity index (χ1n) is 6.36. The van der Waals surface area contributed by atoms with Gasteiger partial charge in [0.2, 0.25) is 5.91 Å². The normalized spacial score (nSPS) is 19.7. The molecule has 18 heavy (non-hydrogen) atoms. The van der Waals surface area contributed by atoms with Crippen molar-refractivity contribution in [2.75, 3.05) is 0 Å². The molecule has 0 saturated heterocycles. The second kappa shape index (κ2) is 5.06. The topological polar surface area (TPSA) is 55.1 Å². The number of nitrogens with one attached hydrogen (secondary N) is 1. The highest BCUT2D eigenvalue weighted by atomic mass is 19.1. The first kappa shape index (κ1) is 13.0. The quantitative estimate of drug-likeness (QED) is 0.859. The molecule has 1 unspecified atom stereocenters. The Labute approximate surface area is 107 Å². The van der Waals surface area contributed by atoms with Crippen molar-refractivity contribution in [1.82, 2.24) is 5.32 Å². The molecule has 4 heteroatoms. The molecule has 1 aromatic carbocycles. The molecule has 0 bridgehead atoms. The number of benzene rings is 1. The molecule has 98 valence electrons. The Morgan fingerprint density at radius 1 is 1.33 bits per heavy atom. The molecule has 1 aliphatic rings. The maximum Gasteiger partial charge on any atom is 0.242 e. The second-order valence-corrected chi connectivity index (χ2v) is 5.12. The van der Waals surface area contributed by atoms with Crippen LogP contribution in [-0.2, 0) is 10.3 Å². The molecular formula is C14H19FN2O. The predicted octanol–water partition coefficient (Wildman–Crippen LogP) is 2.06. The number of hydrogen-bond donors (Lipinski definition) is 2. The van der Waals surface area contributed by atoms with Crippen molar-refractivity contribution in [2.24, 2.45) is 5.73 Å². The largest absolute Gasteiger partial charge is 0.368 e. The lowest BCUT2D eigenvalue weighted by molar-refractivity contribution is -0.124. The molecular weight excluding hydrogens is 231 g/mol. The van der Waals surface area contributed by atoms with Gasteiger partial charge in [-0.15, -0.1) is 0 Å². The van der Waals surface area contributed by atoms with Gasteiger partial charge in [-0.1, -0.05) is 25.0 Å². The van der Waals surface area contributed by atoms with Gasteiger partial charge in [-0.05, 0) is 37.5 Å². The number of nitrogens with two attached hydrogens (primary N) is 1. The summed E-state index contributed by atoms with van der Waals surface area (Å²) in [6, 6.07) is 6.25. The van der Waals surface area contributed by atoms with Crippen LogP contribution in [0.3, 0.4) is 0 Å². The zero-order chi connectivity index (χ0) is 13.2. The van der Waals surface area contributed by atoms with Crippen LogP contribution in [0.4, 0.5) is 4.39 Å². The van der Waals surface area contributed by atoms with Crippen LogP contribution in [0, 0.1) is 5.82 Å². The van der Waals surface area contributed by atoms with Gasteiger partial charge in [-0.25, -0.2) is 4.39 Å². The lowest BCUT2D eigenvalue weighted by atomic mass is 9.90. The minimum absolute atomic E-state index is 0.313. The molecule has 3 N–H and O–H groups in total. The zero-order valence-corrected chi connectivity index (χ0v) is 10.6. The van der Waals surface area contributed by atoms with Gasteiger partial charge in [0.15, 0.2) is 0 Å². The third kappa shape index (κ3) is 2.53. The molecule has 1 aliphatic carbocycles. The van der Waals surface area contributed by atoms with E-state index < -0.39 is 11.4 Å². The van der Waals surface area contributed by atoms with Crippen LogP contribution < -0.4 is 11.1 Å². The Balaban J connectivity index is 2.25. The van der Waals surface area contributed by atoms with Gasteiger partial charge < -0.3 is 5.73 Å². The van der Waals surface area contributed by atoms with Crippen LogP contribution >= 0.6 is 0 Å². The second-order valence-electron chi connectivity index (χ2n) is 5.12. The lowest BCUT2D eigenvalue weighted by Gasteiger charge is -2.31. The average molecular weight is 250 g/mol. The summed E-state index contributed by atoms with van der Waals surface area (Å²) in [6.45, 7) is 1.76. The predicted molar refractivity (Wildman–Crippen MR) is 68.3 cm³/mol. The van der Waals surface area contributed by atoms with Gasteiger partial charge in [-0.2, -0.15) is 0 Å². The van der Waals surface area contributed by atoms with E-state index in [4.69, 9.17) is 5.73 Å². The fourth-order valence-corrected chi connectivity index (χ4v) is 2.56. The van der Waals surface area contributed by atoms with Gasteiger partial charge in [0, 0.05) is 6.04 Å². The van der Waals surface area contributed by atoms with E-state index in [9.17, 15) is 9.18 Å². The summed E-state index contributed by atoms with van der Waals surface area (Å²) in [7, 11) is 0. The Morgan fingerprint density at radius 3 is 2.39 bits per heavy atom. The molecule has 0 spiro atoms. The highest BCUT2D eigenvalue weighted by Gasteiger charge is 2.35. The first-order chi connectivity index (χ1) is 8.52. The number of carbonyl (C=O) groups excluding carboxylic acids is 1. The van der Waals surface area contributed by atoms with Gasteiger partial charge in [0.1, 0.15) is 11.4 Å². The molecule has 0 heterocycles. The zero-order valence-electron chi connectivity index (χ0n) is 10.6. The molecule has 0 aliphatic heterocycles. The van der Waals surface area contributed by atoms with Gasteiger partial charge in [0.25, 0.3) is 0 Å². The summed E-state index contributed by atoms with van der Waals surface area (Å²) < 4.78 is 12.9. The number of amides is 1. The summed E-state index contributed by atoms with van der Waals surface area (Å²) in [5.74, 6) is -0.743. The van der Waals surface area contributed by atoms with E-state index in [-0.39, 0.29) is 5.82 Å². The SMILES string of the molecule is CC(NC1CCCC1)(C(N)=O)c1ccc(F)cc1. The third-order valence-electron chi connectivity index (χ3n) is 3.76. The molecule has 2 rings (SSSR count). The third-order valence-corrected chi connectivity index (χ3v) is 3.76. The molecule has 1 aromatic rings. The molecule has 0 radical (unpaired) electrons. The Bertz CT molecular complexity index is 426. The van der Waals surface area contributed by atoms with Crippen LogP contribution in [0.15, 0.2) is 24.3 Å². The molecule has 1 atom stereocenters. The maximum absolute atomic E-state index is 12.9. The minimum Gasteiger partial charge on any atom is -0.368 e. The van der Waals surface area contributed by atoms with Crippen molar-refractivity contribution >= 4 is 5.91 Å². The Kier molecular flexibility index (Phi) is 3.66. The molecule has 1 fully saturated rings. The molecule has 1 saturated carbocycles. The molecule has 0 aromatic heterocycles. The van der Waals surface area contributed by atoms with E-state index >= 15 is 0 Å². The van der Waals surface area contributed by atoms with E-state index in [1.54, 1.807) is 19.1 Å². The van der Waals surface area contributed by atoms with Crippen LogP contribution in [0.25, 0.3) is 0 Å². The number of rotatable bonds is 4. The van der Waals surface area contributed by atoms with Crippen molar-refractivity contribution < 1.29 is 9.18 Å². The van der Waals surface area contributed by atoms with Gasteiger partial charge in [-0.3, -0.25) is 10.1 Å². The van der Waals surface area contributed by atoms with Crippen LogP contribution in [-0.4, -0.2) is 11.9 Å². The summed E-state index contributed by atoms with van der Waals surface area (Å²) in [5, 5.41) is 3.33. The van der Waals surface area contributed by atoms with E-state index in [0.29, 0.717) is 11.6 Å². The van der Waals surface area contributed by atoms with Crippen LogP contribution in [0.2, 0.25) is 0 Å². The van der Waals surface area contributed by atoms with E-state index in [2.05, 4.69) is 5.32 Å². The fourth-order valence-electron chi connectivity index (χ4n) is 2.56. The van der Waals surface area contributed by atoms with E-state index in [1.807, 2.05) is 0 Å². The smallest absolute Gasteiger partial charge is 0.242 e. The van der Waals surface area contributed by atoms with Gasteiger partial charge in [0.05, 0.1) is 0 Å². The standard InChI is InChI=1S/C14H19FN2O/c1-14(13(16)18,17-12-4-2-3-5-12)10-6-8-11(15)9-7-10/h6-9,12,17H,2-5H2,1H3,(H2,16,18). The van der Waals surface area contributed by atoms with Crippen molar-refractivity contribution in [1.29, 1.82) is 0 Å². The number of halogens is 1. The summed E-state index contributed by atoms with van der Waals surface area (Å²) in [5.41, 5.74) is 5.31. The maximum atomic E-state index is 12.9.